The van der Waals surface area contributed by atoms with Gasteiger partial charge in [-0.2, -0.15) is 0 Å². The van der Waals surface area contributed by atoms with E-state index in [0.717, 1.165) is 16.8 Å². The molecule has 2 aromatic rings. The van der Waals surface area contributed by atoms with Crippen LogP contribution in [0, 0.1) is 13.8 Å². The minimum Gasteiger partial charge on any atom is -0.478 e. The van der Waals surface area contributed by atoms with Crippen molar-refractivity contribution >= 4 is 18.6 Å². The van der Waals surface area contributed by atoms with Gasteiger partial charge in [-0.1, -0.05) is 12.1 Å². The number of carbonyl (C=O) groups is 1. The SMILES string of the molecule is Cc1ccc(-c2cc(B3OC(C)(C)C(C)(C)O3)cc(C(=O)O)c2C)nc1. The van der Waals surface area contributed by atoms with Crippen LogP contribution in [0.4, 0.5) is 0 Å². The molecule has 1 aliphatic heterocycles. The van der Waals surface area contributed by atoms with Crippen LogP contribution >= 0.6 is 0 Å². The number of aromatic nitrogens is 1. The van der Waals surface area contributed by atoms with Crippen LogP contribution in [0.5, 0.6) is 0 Å². The van der Waals surface area contributed by atoms with E-state index in [1.807, 2.05) is 52.8 Å². The van der Waals surface area contributed by atoms with Crippen LogP contribution in [0.15, 0.2) is 30.5 Å². The molecule has 3 rings (SSSR count). The number of carboxylic acids is 1. The van der Waals surface area contributed by atoms with Crippen LogP contribution in [0.2, 0.25) is 0 Å². The van der Waals surface area contributed by atoms with Crippen molar-refractivity contribution < 1.29 is 19.2 Å². The maximum Gasteiger partial charge on any atom is 0.494 e. The first kappa shape index (κ1) is 18.6. The molecule has 0 saturated carbocycles. The van der Waals surface area contributed by atoms with Gasteiger partial charge in [-0.25, -0.2) is 4.79 Å². The van der Waals surface area contributed by atoms with Crippen molar-refractivity contribution in [2.24, 2.45) is 0 Å². The van der Waals surface area contributed by atoms with Crippen LogP contribution in [0.1, 0.15) is 49.2 Å². The van der Waals surface area contributed by atoms with E-state index < -0.39 is 24.3 Å². The Labute approximate surface area is 154 Å². The maximum absolute atomic E-state index is 11.8. The summed E-state index contributed by atoms with van der Waals surface area (Å²) in [7, 11) is -0.622. The fourth-order valence-corrected chi connectivity index (χ4v) is 2.97. The van der Waals surface area contributed by atoms with Gasteiger partial charge >= 0.3 is 13.1 Å². The van der Waals surface area contributed by atoms with Crippen molar-refractivity contribution in [1.82, 2.24) is 4.98 Å². The van der Waals surface area contributed by atoms with E-state index >= 15 is 0 Å². The molecule has 1 N–H and O–H groups in total. The van der Waals surface area contributed by atoms with E-state index in [1.165, 1.54) is 0 Å². The van der Waals surface area contributed by atoms with Gasteiger partial charge in [0.05, 0.1) is 22.5 Å². The summed E-state index contributed by atoms with van der Waals surface area (Å²) in [5.41, 5.74) is 3.16. The summed E-state index contributed by atoms with van der Waals surface area (Å²) < 4.78 is 12.2. The highest BCUT2D eigenvalue weighted by molar-refractivity contribution is 6.62. The molecule has 6 heteroatoms. The lowest BCUT2D eigenvalue weighted by molar-refractivity contribution is 0.00578. The van der Waals surface area contributed by atoms with E-state index in [0.29, 0.717) is 11.0 Å². The molecular weight excluding hydrogens is 329 g/mol. The zero-order chi connectivity index (χ0) is 19.3. The van der Waals surface area contributed by atoms with Crippen LogP contribution in [0.3, 0.4) is 0 Å². The number of benzene rings is 1. The van der Waals surface area contributed by atoms with Crippen LogP contribution < -0.4 is 5.46 Å². The molecule has 0 spiro atoms. The second kappa shape index (κ2) is 6.22. The molecule has 1 saturated heterocycles. The van der Waals surface area contributed by atoms with Gasteiger partial charge in [0, 0.05) is 11.8 Å². The molecule has 0 radical (unpaired) electrons. The van der Waals surface area contributed by atoms with Gasteiger partial charge in [0.25, 0.3) is 0 Å². The van der Waals surface area contributed by atoms with Gasteiger partial charge in [0.15, 0.2) is 0 Å². The normalized spacial score (nSPS) is 18.2. The lowest BCUT2D eigenvalue weighted by Crippen LogP contribution is -2.41. The van der Waals surface area contributed by atoms with E-state index in [-0.39, 0.29) is 5.56 Å². The van der Waals surface area contributed by atoms with Gasteiger partial charge in [-0.3, -0.25) is 4.98 Å². The Morgan fingerprint density at radius 1 is 1.08 bits per heavy atom. The molecule has 1 aromatic carbocycles. The summed E-state index contributed by atoms with van der Waals surface area (Å²) in [6.07, 6.45) is 1.77. The molecule has 1 fully saturated rings. The summed E-state index contributed by atoms with van der Waals surface area (Å²) in [6.45, 7) is 11.7. The van der Waals surface area contributed by atoms with Gasteiger partial charge in [-0.15, -0.1) is 0 Å². The van der Waals surface area contributed by atoms with E-state index in [1.54, 1.807) is 19.2 Å². The van der Waals surface area contributed by atoms with Crippen LogP contribution in [0.25, 0.3) is 11.3 Å². The third-order valence-electron chi connectivity index (χ3n) is 5.37. The summed E-state index contributed by atoms with van der Waals surface area (Å²) in [5, 5.41) is 9.65. The van der Waals surface area contributed by atoms with Gasteiger partial charge < -0.3 is 14.4 Å². The Hall–Kier alpha value is -2.18. The predicted molar refractivity (Wildman–Crippen MR) is 102 cm³/mol. The topological polar surface area (TPSA) is 68.7 Å². The summed E-state index contributed by atoms with van der Waals surface area (Å²) in [5.74, 6) is -0.978. The minimum atomic E-state index is -0.978. The van der Waals surface area contributed by atoms with Gasteiger partial charge in [-0.05, 0) is 70.3 Å². The second-order valence-electron chi connectivity index (χ2n) is 7.86. The predicted octanol–water partition coefficient (Wildman–Crippen LogP) is 3.36. The Balaban J connectivity index is 2.13. The first-order valence-electron chi connectivity index (χ1n) is 8.68. The molecular formula is C20H24BNO4. The van der Waals surface area contributed by atoms with Crippen LogP contribution in [-0.4, -0.2) is 34.4 Å². The number of aryl methyl sites for hydroxylation is 1. The number of nitrogens with zero attached hydrogens (tertiary/aromatic N) is 1. The Bertz CT molecular complexity index is 843. The van der Waals surface area contributed by atoms with E-state index in [2.05, 4.69) is 4.98 Å². The molecule has 1 aromatic heterocycles. The molecule has 26 heavy (non-hydrogen) atoms. The molecule has 0 unspecified atom stereocenters. The maximum atomic E-state index is 11.8. The number of carboxylic acid groups (broad SMARTS) is 1. The third-order valence-corrected chi connectivity index (χ3v) is 5.37. The van der Waals surface area contributed by atoms with E-state index in [9.17, 15) is 9.90 Å². The molecule has 0 amide bonds. The first-order valence-corrected chi connectivity index (χ1v) is 8.68. The molecule has 136 valence electrons. The smallest absolute Gasteiger partial charge is 0.478 e. The molecule has 1 aliphatic rings. The summed E-state index contributed by atoms with van der Waals surface area (Å²) in [6, 6.07) is 7.42. The standard InChI is InChI=1S/C20H24BNO4/c1-12-7-8-17(22-11-12)15-9-14(10-16(13(15)2)18(23)24)21-25-19(3,4)20(5,6)26-21/h7-11H,1-6H3,(H,23,24). The molecule has 0 atom stereocenters. The van der Waals surface area contributed by atoms with Crippen molar-refractivity contribution in [3.05, 3.63) is 47.2 Å². The number of pyridine rings is 1. The number of aromatic carboxylic acids is 1. The monoisotopic (exact) mass is 353 g/mol. The third kappa shape index (κ3) is 3.15. The van der Waals surface area contributed by atoms with Gasteiger partial charge in [0.2, 0.25) is 0 Å². The highest BCUT2D eigenvalue weighted by atomic mass is 16.7. The lowest BCUT2D eigenvalue weighted by Gasteiger charge is -2.32. The average molecular weight is 353 g/mol. The zero-order valence-corrected chi connectivity index (χ0v) is 16.1. The largest absolute Gasteiger partial charge is 0.494 e. The molecule has 0 bridgehead atoms. The summed E-state index contributed by atoms with van der Waals surface area (Å²) in [4.78, 5) is 16.2. The Morgan fingerprint density at radius 2 is 1.69 bits per heavy atom. The minimum absolute atomic E-state index is 0.231. The number of rotatable bonds is 3. The molecule has 5 nitrogen and oxygen atoms in total. The zero-order valence-electron chi connectivity index (χ0n) is 16.1. The highest BCUT2D eigenvalue weighted by Gasteiger charge is 2.51. The highest BCUT2D eigenvalue weighted by Crippen LogP contribution is 2.37. The van der Waals surface area contributed by atoms with Crippen molar-refractivity contribution in [2.45, 2.75) is 52.7 Å². The van der Waals surface area contributed by atoms with Crippen molar-refractivity contribution in [3.8, 4) is 11.3 Å². The molecule has 0 aliphatic carbocycles. The number of hydrogen-bond acceptors (Lipinski definition) is 4. The second-order valence-corrected chi connectivity index (χ2v) is 7.86. The fraction of sp³-hybridized carbons (Fsp3) is 0.400. The van der Waals surface area contributed by atoms with Crippen molar-refractivity contribution in [2.75, 3.05) is 0 Å². The lowest BCUT2D eigenvalue weighted by atomic mass is 9.76. The van der Waals surface area contributed by atoms with E-state index in [4.69, 9.17) is 9.31 Å². The average Bonchev–Trinajstić information content (AvgIpc) is 2.76. The molecule has 2 heterocycles. The Kier molecular flexibility index (Phi) is 4.45. The summed E-state index contributed by atoms with van der Waals surface area (Å²) >= 11 is 0. The van der Waals surface area contributed by atoms with Crippen molar-refractivity contribution in [1.29, 1.82) is 0 Å². The van der Waals surface area contributed by atoms with Gasteiger partial charge in [0.1, 0.15) is 0 Å². The fourth-order valence-electron chi connectivity index (χ4n) is 2.97. The Morgan fingerprint density at radius 3 is 2.19 bits per heavy atom. The quantitative estimate of drug-likeness (QED) is 0.857. The van der Waals surface area contributed by atoms with Crippen molar-refractivity contribution in [3.63, 3.8) is 0 Å². The van der Waals surface area contributed by atoms with Crippen LogP contribution in [-0.2, 0) is 9.31 Å². The first-order chi connectivity index (χ1) is 12.0. The number of hydrogen-bond donors (Lipinski definition) is 1.